The third-order valence-corrected chi connectivity index (χ3v) is 4.88. The fraction of sp³-hybridized carbons (Fsp3) is 1.00. The van der Waals surface area contributed by atoms with Crippen molar-refractivity contribution in [2.24, 2.45) is 11.8 Å². The lowest BCUT2D eigenvalue weighted by molar-refractivity contribution is 0.0959. The van der Waals surface area contributed by atoms with Gasteiger partial charge in [0.25, 0.3) is 0 Å². The first-order valence-electron chi connectivity index (χ1n) is 4.72. The molecule has 2 heterocycles. The molecule has 13 heavy (non-hydrogen) atoms. The van der Waals surface area contributed by atoms with Crippen molar-refractivity contribution in [2.45, 2.75) is 6.42 Å². The highest BCUT2D eigenvalue weighted by Crippen LogP contribution is 2.28. The van der Waals surface area contributed by atoms with Gasteiger partial charge < -0.3 is 0 Å². The molecule has 0 aromatic carbocycles. The molecule has 0 amide bonds. The number of nitrogens with one attached hydrogen (secondary N) is 1. The molecule has 2 aliphatic rings. The summed E-state index contributed by atoms with van der Waals surface area (Å²) in [6, 6.07) is 0. The fourth-order valence-electron chi connectivity index (χ4n) is 2.53. The van der Waals surface area contributed by atoms with Crippen molar-refractivity contribution >= 4 is 9.84 Å². The Morgan fingerprint density at radius 3 is 2.23 bits per heavy atom. The van der Waals surface area contributed by atoms with Crippen LogP contribution in [0.2, 0.25) is 0 Å². The number of hydrogen-bond donors (Lipinski definition) is 1. The zero-order valence-electron chi connectivity index (χ0n) is 7.86. The standard InChI is InChI=1S/C8H16N2O2S/c1-9-10-3-7-2-8(4-10)6-13(11,12)5-7/h7-9H,2-6H2,1H3. The molecule has 2 aliphatic heterocycles. The first-order chi connectivity index (χ1) is 6.09. The van der Waals surface area contributed by atoms with Crippen molar-refractivity contribution < 1.29 is 8.42 Å². The molecule has 76 valence electrons. The molecule has 2 unspecified atom stereocenters. The Bertz CT molecular complexity index is 269. The molecular weight excluding hydrogens is 188 g/mol. The number of piperidine rings is 1. The lowest BCUT2D eigenvalue weighted by Crippen LogP contribution is -2.52. The highest BCUT2D eigenvalue weighted by Gasteiger charge is 2.37. The third kappa shape index (κ3) is 2.03. The predicted octanol–water partition coefficient (Wildman–Crippen LogP) is -0.513. The maximum absolute atomic E-state index is 11.4. The van der Waals surface area contributed by atoms with E-state index >= 15 is 0 Å². The van der Waals surface area contributed by atoms with Crippen LogP contribution in [0.1, 0.15) is 6.42 Å². The molecular formula is C8H16N2O2S. The Morgan fingerprint density at radius 1 is 1.23 bits per heavy atom. The van der Waals surface area contributed by atoms with Crippen molar-refractivity contribution in [2.75, 3.05) is 31.6 Å². The van der Waals surface area contributed by atoms with Crippen LogP contribution in [0.5, 0.6) is 0 Å². The van der Waals surface area contributed by atoms with Crippen LogP contribution in [0.4, 0.5) is 0 Å². The zero-order valence-corrected chi connectivity index (χ0v) is 8.68. The molecule has 0 spiro atoms. The minimum Gasteiger partial charge on any atom is -0.258 e. The Balaban J connectivity index is 2.10. The van der Waals surface area contributed by atoms with Crippen molar-refractivity contribution in [3.8, 4) is 0 Å². The summed E-state index contributed by atoms with van der Waals surface area (Å²) in [7, 11) is -0.830. The maximum atomic E-state index is 11.4. The van der Waals surface area contributed by atoms with E-state index in [0.717, 1.165) is 19.5 Å². The quantitative estimate of drug-likeness (QED) is 0.625. The summed E-state index contributed by atoms with van der Waals surface area (Å²) in [5, 5.41) is 2.13. The first-order valence-corrected chi connectivity index (χ1v) is 6.54. The molecule has 2 bridgehead atoms. The molecule has 0 aromatic rings. The molecule has 1 N–H and O–H groups in total. The van der Waals surface area contributed by atoms with Crippen molar-refractivity contribution in [1.29, 1.82) is 0 Å². The minimum atomic E-state index is -2.73. The Hall–Kier alpha value is -0.130. The van der Waals surface area contributed by atoms with E-state index in [1.165, 1.54) is 0 Å². The van der Waals surface area contributed by atoms with Crippen LogP contribution in [-0.4, -0.2) is 45.1 Å². The SMILES string of the molecule is CNN1CC2CC(C1)CS(=O)(=O)C2. The summed E-state index contributed by atoms with van der Waals surface area (Å²) in [5.41, 5.74) is 3.10. The van der Waals surface area contributed by atoms with E-state index in [1.54, 1.807) is 0 Å². The van der Waals surface area contributed by atoms with Gasteiger partial charge in [-0.3, -0.25) is 5.43 Å². The molecule has 0 aliphatic carbocycles. The van der Waals surface area contributed by atoms with Crippen LogP contribution in [0.3, 0.4) is 0 Å². The highest BCUT2D eigenvalue weighted by molar-refractivity contribution is 7.91. The Kier molecular flexibility index (Phi) is 2.33. The van der Waals surface area contributed by atoms with Gasteiger partial charge in [-0.05, 0) is 25.3 Å². The number of hydrazine groups is 1. The summed E-state index contributed by atoms with van der Waals surface area (Å²) in [4.78, 5) is 0. The van der Waals surface area contributed by atoms with Gasteiger partial charge in [-0.25, -0.2) is 13.4 Å². The minimum absolute atomic E-state index is 0.352. The van der Waals surface area contributed by atoms with E-state index in [0.29, 0.717) is 23.3 Å². The van der Waals surface area contributed by atoms with E-state index in [9.17, 15) is 8.42 Å². The van der Waals surface area contributed by atoms with Crippen LogP contribution in [0.25, 0.3) is 0 Å². The van der Waals surface area contributed by atoms with Gasteiger partial charge in [-0.1, -0.05) is 0 Å². The molecule has 2 rings (SSSR count). The third-order valence-electron chi connectivity index (χ3n) is 2.92. The Morgan fingerprint density at radius 2 is 1.77 bits per heavy atom. The van der Waals surface area contributed by atoms with Gasteiger partial charge in [0.15, 0.2) is 9.84 Å². The van der Waals surface area contributed by atoms with Crippen LogP contribution in [0, 0.1) is 11.8 Å². The van der Waals surface area contributed by atoms with Crippen LogP contribution < -0.4 is 5.43 Å². The summed E-state index contributed by atoms with van der Waals surface area (Å²) in [6.07, 6.45) is 1.09. The van der Waals surface area contributed by atoms with Crippen LogP contribution in [0.15, 0.2) is 0 Å². The molecule has 0 aromatic heterocycles. The summed E-state index contributed by atoms with van der Waals surface area (Å²) in [5.74, 6) is 1.48. The van der Waals surface area contributed by atoms with Gasteiger partial charge in [0.05, 0.1) is 11.5 Å². The molecule has 0 saturated carbocycles. The molecule has 2 fully saturated rings. The molecule has 5 heteroatoms. The summed E-state index contributed by atoms with van der Waals surface area (Å²) in [6.45, 7) is 1.76. The van der Waals surface area contributed by atoms with E-state index in [4.69, 9.17) is 0 Å². The van der Waals surface area contributed by atoms with Gasteiger partial charge in [0, 0.05) is 13.1 Å². The smallest absolute Gasteiger partial charge is 0.150 e. The van der Waals surface area contributed by atoms with Crippen molar-refractivity contribution in [1.82, 2.24) is 10.4 Å². The lowest BCUT2D eigenvalue weighted by atomic mass is 9.92. The van der Waals surface area contributed by atoms with Gasteiger partial charge >= 0.3 is 0 Å². The number of rotatable bonds is 1. The predicted molar refractivity (Wildman–Crippen MR) is 50.9 cm³/mol. The monoisotopic (exact) mass is 204 g/mol. The zero-order chi connectivity index (χ0) is 9.47. The summed E-state index contributed by atoms with van der Waals surface area (Å²) >= 11 is 0. The molecule has 2 saturated heterocycles. The van der Waals surface area contributed by atoms with Gasteiger partial charge in [-0.2, -0.15) is 0 Å². The number of sulfone groups is 1. The number of nitrogens with zero attached hydrogens (tertiary/aromatic N) is 1. The fourth-order valence-corrected chi connectivity index (χ4v) is 4.58. The summed E-state index contributed by atoms with van der Waals surface area (Å²) < 4.78 is 22.8. The largest absolute Gasteiger partial charge is 0.258 e. The molecule has 4 nitrogen and oxygen atoms in total. The molecule has 2 atom stereocenters. The number of hydrogen-bond acceptors (Lipinski definition) is 4. The van der Waals surface area contributed by atoms with E-state index in [-0.39, 0.29) is 0 Å². The average Bonchev–Trinajstić information content (AvgIpc) is 1.99. The topological polar surface area (TPSA) is 49.4 Å². The maximum Gasteiger partial charge on any atom is 0.150 e. The van der Waals surface area contributed by atoms with E-state index in [2.05, 4.69) is 10.4 Å². The van der Waals surface area contributed by atoms with E-state index in [1.807, 2.05) is 7.05 Å². The first kappa shape index (κ1) is 9.43. The number of fused-ring (bicyclic) bond motifs is 2. The van der Waals surface area contributed by atoms with Crippen LogP contribution >= 0.6 is 0 Å². The van der Waals surface area contributed by atoms with Crippen molar-refractivity contribution in [3.63, 3.8) is 0 Å². The molecule has 0 radical (unpaired) electrons. The van der Waals surface area contributed by atoms with Crippen molar-refractivity contribution in [3.05, 3.63) is 0 Å². The Labute approximate surface area is 79.2 Å². The highest BCUT2D eigenvalue weighted by atomic mass is 32.2. The van der Waals surface area contributed by atoms with Gasteiger partial charge in [0.2, 0.25) is 0 Å². The lowest BCUT2D eigenvalue weighted by Gasteiger charge is -2.40. The van der Waals surface area contributed by atoms with Gasteiger partial charge in [-0.15, -0.1) is 0 Å². The second-order valence-electron chi connectivity index (χ2n) is 4.17. The van der Waals surface area contributed by atoms with Crippen LogP contribution in [-0.2, 0) is 9.84 Å². The average molecular weight is 204 g/mol. The van der Waals surface area contributed by atoms with E-state index < -0.39 is 9.84 Å². The normalized spacial score (nSPS) is 38.8. The van der Waals surface area contributed by atoms with Gasteiger partial charge in [0.1, 0.15) is 0 Å². The second-order valence-corrected chi connectivity index (χ2v) is 6.33. The second kappa shape index (κ2) is 3.22.